The minimum absolute atomic E-state index is 0.315. The number of nitrogens with zero attached hydrogens (tertiary/aromatic N) is 1. The van der Waals surface area contributed by atoms with Crippen LogP contribution in [-0.2, 0) is 0 Å². The van der Waals surface area contributed by atoms with E-state index in [1.165, 1.54) is 0 Å². The summed E-state index contributed by atoms with van der Waals surface area (Å²) in [5.74, 6) is 1.51. The highest BCUT2D eigenvalue weighted by molar-refractivity contribution is 5.99. The molecule has 0 fully saturated rings. The van der Waals surface area contributed by atoms with Crippen molar-refractivity contribution in [1.82, 2.24) is 4.98 Å². The minimum Gasteiger partial charge on any atom is -0.494 e. The molecule has 26 heavy (non-hydrogen) atoms. The lowest BCUT2D eigenvalue weighted by Crippen LogP contribution is -2.19. The molecule has 1 heterocycles. The molecule has 0 aliphatic rings. The van der Waals surface area contributed by atoms with Gasteiger partial charge in [-0.2, -0.15) is 0 Å². The van der Waals surface area contributed by atoms with Gasteiger partial charge >= 0.3 is 6.03 Å². The van der Waals surface area contributed by atoms with Crippen molar-refractivity contribution >= 4 is 28.9 Å². The number of amides is 2. The standard InChI is InChI=1S/C20H20N4O2/c1-2-26-18-11-8-16(9-12-18)22-19-13-10-17(14-21-19)24-20(25)23-15-6-4-3-5-7-15/h3-14H,2H2,1H3,(H,21,22)(H2,23,24,25). The fourth-order valence-corrected chi connectivity index (χ4v) is 2.31. The summed E-state index contributed by atoms with van der Waals surface area (Å²) in [7, 11) is 0. The zero-order valence-electron chi connectivity index (χ0n) is 14.4. The number of carbonyl (C=O) groups excluding carboxylic acids is 1. The molecule has 0 unspecified atom stereocenters. The number of aromatic nitrogens is 1. The zero-order valence-corrected chi connectivity index (χ0v) is 14.4. The van der Waals surface area contributed by atoms with Gasteiger partial charge in [-0.15, -0.1) is 0 Å². The third-order valence-corrected chi connectivity index (χ3v) is 3.49. The van der Waals surface area contributed by atoms with Gasteiger partial charge in [-0.25, -0.2) is 9.78 Å². The molecule has 1 aromatic heterocycles. The Morgan fingerprint density at radius 3 is 2.23 bits per heavy atom. The van der Waals surface area contributed by atoms with Crippen molar-refractivity contribution in [2.24, 2.45) is 0 Å². The van der Waals surface area contributed by atoms with Crippen LogP contribution in [0.15, 0.2) is 72.9 Å². The van der Waals surface area contributed by atoms with Gasteiger partial charge in [0.25, 0.3) is 0 Å². The summed E-state index contributed by atoms with van der Waals surface area (Å²) in [5.41, 5.74) is 2.24. The second-order valence-electron chi connectivity index (χ2n) is 5.46. The molecule has 0 saturated heterocycles. The maximum absolute atomic E-state index is 12.0. The molecular weight excluding hydrogens is 328 g/mol. The van der Waals surface area contributed by atoms with Crippen LogP contribution in [0.2, 0.25) is 0 Å². The Hall–Kier alpha value is -3.54. The van der Waals surface area contributed by atoms with Gasteiger partial charge in [-0.3, -0.25) is 0 Å². The predicted octanol–water partition coefficient (Wildman–Crippen LogP) is 4.87. The molecule has 0 aliphatic carbocycles. The van der Waals surface area contributed by atoms with Gasteiger partial charge in [-0.05, 0) is 55.5 Å². The first-order valence-electron chi connectivity index (χ1n) is 8.32. The number of ether oxygens (including phenoxy) is 1. The van der Waals surface area contributed by atoms with E-state index in [0.717, 1.165) is 17.1 Å². The van der Waals surface area contributed by atoms with E-state index in [-0.39, 0.29) is 6.03 Å². The van der Waals surface area contributed by atoms with Crippen molar-refractivity contribution in [3.63, 3.8) is 0 Å². The van der Waals surface area contributed by atoms with Crippen LogP contribution < -0.4 is 20.7 Å². The van der Waals surface area contributed by atoms with Crippen LogP contribution in [-0.4, -0.2) is 17.6 Å². The zero-order chi connectivity index (χ0) is 18.2. The molecule has 3 rings (SSSR count). The van der Waals surface area contributed by atoms with Gasteiger partial charge in [0.1, 0.15) is 11.6 Å². The molecular formula is C20H20N4O2. The summed E-state index contributed by atoms with van der Waals surface area (Å²) in [6.07, 6.45) is 1.60. The molecule has 0 spiro atoms. The summed E-state index contributed by atoms with van der Waals surface area (Å²) >= 11 is 0. The van der Waals surface area contributed by atoms with E-state index in [9.17, 15) is 4.79 Å². The smallest absolute Gasteiger partial charge is 0.323 e. The van der Waals surface area contributed by atoms with Gasteiger partial charge < -0.3 is 20.7 Å². The molecule has 0 bridgehead atoms. The molecule has 6 nitrogen and oxygen atoms in total. The highest BCUT2D eigenvalue weighted by Crippen LogP contribution is 2.20. The Morgan fingerprint density at radius 1 is 0.885 bits per heavy atom. The fourth-order valence-electron chi connectivity index (χ4n) is 2.31. The first-order valence-corrected chi connectivity index (χ1v) is 8.32. The first-order chi connectivity index (χ1) is 12.7. The normalized spacial score (nSPS) is 10.0. The number of hydrogen-bond acceptors (Lipinski definition) is 4. The van der Waals surface area contributed by atoms with Crippen LogP contribution in [0.25, 0.3) is 0 Å². The number of benzene rings is 2. The largest absolute Gasteiger partial charge is 0.494 e. The van der Waals surface area contributed by atoms with E-state index < -0.39 is 0 Å². The Kier molecular flexibility index (Phi) is 5.67. The summed E-state index contributed by atoms with van der Waals surface area (Å²) < 4.78 is 5.42. The molecule has 0 radical (unpaired) electrons. The Morgan fingerprint density at radius 2 is 1.58 bits per heavy atom. The van der Waals surface area contributed by atoms with Crippen molar-refractivity contribution in [2.75, 3.05) is 22.6 Å². The van der Waals surface area contributed by atoms with E-state index in [1.54, 1.807) is 18.3 Å². The third kappa shape index (κ3) is 4.98. The Bertz CT molecular complexity index is 834. The van der Waals surface area contributed by atoms with Crippen molar-refractivity contribution in [2.45, 2.75) is 6.92 Å². The lowest BCUT2D eigenvalue weighted by Gasteiger charge is -2.09. The molecule has 6 heteroatoms. The van der Waals surface area contributed by atoms with Crippen LogP contribution in [0.3, 0.4) is 0 Å². The number of urea groups is 1. The molecule has 0 atom stereocenters. The highest BCUT2D eigenvalue weighted by Gasteiger charge is 2.03. The number of para-hydroxylation sites is 1. The average molecular weight is 348 g/mol. The van der Waals surface area contributed by atoms with Crippen molar-refractivity contribution in [1.29, 1.82) is 0 Å². The SMILES string of the molecule is CCOc1ccc(Nc2ccc(NC(=O)Nc3ccccc3)cn2)cc1. The van der Waals surface area contributed by atoms with E-state index in [2.05, 4.69) is 20.9 Å². The summed E-state index contributed by atoms with van der Waals surface area (Å²) in [6.45, 7) is 2.59. The number of hydrogen-bond donors (Lipinski definition) is 3. The van der Waals surface area contributed by atoms with E-state index >= 15 is 0 Å². The molecule has 2 amide bonds. The van der Waals surface area contributed by atoms with Gasteiger partial charge in [0, 0.05) is 11.4 Å². The molecule has 3 N–H and O–H groups in total. The summed E-state index contributed by atoms with van der Waals surface area (Å²) in [6, 6.07) is 20.2. The fraction of sp³-hybridized carbons (Fsp3) is 0.100. The van der Waals surface area contributed by atoms with Gasteiger partial charge in [-0.1, -0.05) is 18.2 Å². The Balaban J connectivity index is 1.55. The maximum Gasteiger partial charge on any atom is 0.323 e. The van der Waals surface area contributed by atoms with E-state index in [4.69, 9.17) is 4.74 Å². The molecule has 0 aliphatic heterocycles. The number of nitrogens with one attached hydrogen (secondary N) is 3. The van der Waals surface area contributed by atoms with E-state index in [0.29, 0.717) is 18.1 Å². The number of pyridine rings is 1. The van der Waals surface area contributed by atoms with Crippen LogP contribution >= 0.6 is 0 Å². The van der Waals surface area contributed by atoms with E-state index in [1.807, 2.05) is 61.5 Å². The molecule has 2 aromatic carbocycles. The minimum atomic E-state index is -0.315. The second-order valence-corrected chi connectivity index (χ2v) is 5.46. The van der Waals surface area contributed by atoms with Crippen LogP contribution in [0, 0.1) is 0 Å². The number of anilines is 4. The first kappa shape index (κ1) is 17.3. The van der Waals surface area contributed by atoms with Gasteiger partial charge in [0.2, 0.25) is 0 Å². The summed E-state index contributed by atoms with van der Waals surface area (Å²) in [4.78, 5) is 16.3. The number of rotatable bonds is 6. The summed E-state index contributed by atoms with van der Waals surface area (Å²) in [5, 5.41) is 8.70. The van der Waals surface area contributed by atoms with Crippen LogP contribution in [0.4, 0.5) is 27.7 Å². The van der Waals surface area contributed by atoms with Crippen LogP contribution in [0.5, 0.6) is 5.75 Å². The van der Waals surface area contributed by atoms with Crippen molar-refractivity contribution < 1.29 is 9.53 Å². The second kappa shape index (κ2) is 8.53. The van der Waals surface area contributed by atoms with Crippen molar-refractivity contribution in [3.05, 3.63) is 72.9 Å². The molecule has 3 aromatic rings. The highest BCUT2D eigenvalue weighted by atomic mass is 16.5. The molecule has 132 valence electrons. The quantitative estimate of drug-likeness (QED) is 0.594. The average Bonchev–Trinajstić information content (AvgIpc) is 2.66. The van der Waals surface area contributed by atoms with Gasteiger partial charge in [0.15, 0.2) is 0 Å². The third-order valence-electron chi connectivity index (χ3n) is 3.49. The lowest BCUT2D eigenvalue weighted by atomic mass is 10.3. The van der Waals surface area contributed by atoms with Crippen LogP contribution in [0.1, 0.15) is 6.92 Å². The monoisotopic (exact) mass is 348 g/mol. The predicted molar refractivity (Wildman–Crippen MR) is 104 cm³/mol. The maximum atomic E-state index is 12.0. The lowest BCUT2D eigenvalue weighted by molar-refractivity contribution is 0.262. The topological polar surface area (TPSA) is 75.3 Å². The Labute approximate surface area is 152 Å². The van der Waals surface area contributed by atoms with Crippen molar-refractivity contribution in [3.8, 4) is 5.75 Å². The number of carbonyl (C=O) groups is 1. The van der Waals surface area contributed by atoms with Gasteiger partial charge in [0.05, 0.1) is 18.5 Å². The molecule has 0 saturated carbocycles.